The van der Waals surface area contributed by atoms with E-state index in [9.17, 15) is 9.90 Å². The summed E-state index contributed by atoms with van der Waals surface area (Å²) >= 11 is 2.89. The lowest BCUT2D eigenvalue weighted by atomic mass is 10.0. The van der Waals surface area contributed by atoms with Crippen LogP contribution in [-0.4, -0.2) is 21.8 Å². The summed E-state index contributed by atoms with van der Waals surface area (Å²) in [5.41, 5.74) is 1.88. The number of thioether (sulfide) groups is 1. The third kappa shape index (κ3) is 2.48. The van der Waals surface area contributed by atoms with E-state index in [0.717, 1.165) is 16.1 Å². The second-order valence-corrected chi connectivity index (χ2v) is 7.61. The van der Waals surface area contributed by atoms with Crippen LogP contribution in [0.15, 0.2) is 60.7 Å². The van der Waals surface area contributed by atoms with E-state index < -0.39 is 4.87 Å². The quantitative estimate of drug-likeness (QED) is 0.755. The Morgan fingerprint density at radius 2 is 1.71 bits per heavy atom. The lowest BCUT2D eigenvalue weighted by Crippen LogP contribution is -2.37. The van der Waals surface area contributed by atoms with Gasteiger partial charge in [-0.1, -0.05) is 60.7 Å². The Bertz CT molecular complexity index is 881. The molecule has 2 aromatic carbocycles. The molecule has 1 saturated heterocycles. The first-order valence-corrected chi connectivity index (χ1v) is 9.25. The first-order chi connectivity index (χ1) is 11.7. The van der Waals surface area contributed by atoms with E-state index in [0.29, 0.717) is 10.6 Å². The molecule has 0 radical (unpaired) electrons. The van der Waals surface area contributed by atoms with Crippen molar-refractivity contribution in [3.8, 4) is 16.5 Å². The molecule has 4 rings (SSSR count). The van der Waals surface area contributed by atoms with Crippen molar-refractivity contribution in [2.24, 2.45) is 0 Å². The fourth-order valence-electron chi connectivity index (χ4n) is 2.77. The van der Waals surface area contributed by atoms with Crippen LogP contribution in [0.3, 0.4) is 0 Å². The number of carbonyl (C=O) groups is 1. The van der Waals surface area contributed by atoms with Gasteiger partial charge in [0.25, 0.3) is 0 Å². The van der Waals surface area contributed by atoms with E-state index in [1.165, 1.54) is 23.1 Å². The molecule has 3 aromatic rings. The SMILES string of the molecule is O=C1CSC(c2ccccc2)(c2sc(-c3ccccc3)nc2O)N1. The Morgan fingerprint density at radius 1 is 1.04 bits per heavy atom. The van der Waals surface area contributed by atoms with Gasteiger partial charge in [0.15, 0.2) is 4.87 Å². The van der Waals surface area contributed by atoms with Crippen LogP contribution in [0, 0.1) is 0 Å². The molecule has 1 unspecified atom stereocenters. The summed E-state index contributed by atoms with van der Waals surface area (Å²) in [7, 11) is 0. The van der Waals surface area contributed by atoms with Crippen LogP contribution in [-0.2, 0) is 9.67 Å². The topological polar surface area (TPSA) is 62.2 Å². The maximum Gasteiger partial charge on any atom is 0.231 e. The summed E-state index contributed by atoms with van der Waals surface area (Å²) in [5, 5.41) is 14.3. The highest BCUT2D eigenvalue weighted by molar-refractivity contribution is 8.01. The summed E-state index contributed by atoms with van der Waals surface area (Å²) in [6, 6.07) is 19.4. The van der Waals surface area contributed by atoms with E-state index in [1.54, 1.807) is 0 Å². The van der Waals surface area contributed by atoms with Crippen molar-refractivity contribution in [2.45, 2.75) is 4.87 Å². The smallest absolute Gasteiger partial charge is 0.231 e. The molecule has 0 aliphatic carbocycles. The van der Waals surface area contributed by atoms with Crippen molar-refractivity contribution in [1.82, 2.24) is 10.3 Å². The largest absolute Gasteiger partial charge is 0.492 e. The summed E-state index contributed by atoms with van der Waals surface area (Å²) in [4.78, 5) is 16.2. The number of thiazole rings is 1. The fourth-order valence-corrected chi connectivity index (χ4v) is 5.23. The summed E-state index contributed by atoms with van der Waals surface area (Å²) < 4.78 is 0. The first-order valence-electron chi connectivity index (χ1n) is 7.45. The average molecular weight is 354 g/mol. The molecule has 2 N–H and O–H groups in total. The Balaban J connectivity index is 1.86. The van der Waals surface area contributed by atoms with Gasteiger partial charge in [0, 0.05) is 5.56 Å². The monoisotopic (exact) mass is 354 g/mol. The molecule has 1 fully saturated rings. The van der Waals surface area contributed by atoms with Gasteiger partial charge in [-0.2, -0.15) is 0 Å². The number of nitrogens with one attached hydrogen (secondary N) is 1. The van der Waals surface area contributed by atoms with Crippen molar-refractivity contribution in [3.63, 3.8) is 0 Å². The van der Waals surface area contributed by atoms with Crippen LogP contribution in [0.4, 0.5) is 0 Å². The van der Waals surface area contributed by atoms with Gasteiger partial charge in [0.2, 0.25) is 11.8 Å². The molecular formula is C18H14N2O2S2. The highest BCUT2D eigenvalue weighted by atomic mass is 32.2. The molecule has 1 aromatic heterocycles. The van der Waals surface area contributed by atoms with Crippen molar-refractivity contribution in [1.29, 1.82) is 0 Å². The number of benzene rings is 2. The zero-order valence-electron chi connectivity index (χ0n) is 12.6. The number of nitrogens with zero attached hydrogens (tertiary/aromatic N) is 1. The minimum absolute atomic E-state index is 0.0302. The number of aromatic hydroxyl groups is 1. The van der Waals surface area contributed by atoms with Gasteiger partial charge < -0.3 is 10.4 Å². The van der Waals surface area contributed by atoms with Crippen LogP contribution >= 0.6 is 23.1 Å². The molecule has 4 nitrogen and oxygen atoms in total. The van der Waals surface area contributed by atoms with Crippen molar-refractivity contribution in [3.05, 3.63) is 71.1 Å². The predicted octanol–water partition coefficient (Wildman–Crippen LogP) is 3.58. The molecule has 0 saturated carbocycles. The number of aromatic nitrogens is 1. The lowest BCUT2D eigenvalue weighted by Gasteiger charge is -2.27. The van der Waals surface area contributed by atoms with Gasteiger partial charge in [-0.25, -0.2) is 4.98 Å². The second kappa shape index (κ2) is 5.96. The van der Waals surface area contributed by atoms with E-state index in [1.807, 2.05) is 60.7 Å². The Labute approximate surface area is 147 Å². The predicted molar refractivity (Wildman–Crippen MR) is 97.0 cm³/mol. The molecule has 1 aliphatic heterocycles. The number of carbonyl (C=O) groups excluding carboxylic acids is 1. The lowest BCUT2D eigenvalue weighted by molar-refractivity contribution is -0.118. The van der Waals surface area contributed by atoms with Crippen LogP contribution in [0.1, 0.15) is 10.4 Å². The average Bonchev–Trinajstić information content (AvgIpc) is 3.20. The molecule has 1 atom stereocenters. The standard InChI is InChI=1S/C18H14N2O2S2/c21-14-11-23-18(20-14,13-9-5-2-6-10-13)15-16(22)19-17(24-15)12-7-3-1-4-8-12/h1-10,22H,11H2,(H,20,21). The van der Waals surface area contributed by atoms with Gasteiger partial charge in [-0.15, -0.1) is 23.1 Å². The minimum atomic E-state index is -0.785. The first kappa shape index (κ1) is 15.2. The van der Waals surface area contributed by atoms with Gasteiger partial charge in [0.1, 0.15) is 9.88 Å². The van der Waals surface area contributed by atoms with Gasteiger partial charge in [-0.05, 0) is 5.56 Å². The molecule has 0 spiro atoms. The summed E-state index contributed by atoms with van der Waals surface area (Å²) in [5.74, 6) is 0.280. The molecular weight excluding hydrogens is 340 g/mol. The molecule has 1 aliphatic rings. The van der Waals surface area contributed by atoms with Crippen LogP contribution in [0.2, 0.25) is 0 Å². The third-order valence-corrected chi connectivity index (χ3v) is 6.59. The van der Waals surface area contributed by atoms with Gasteiger partial charge >= 0.3 is 0 Å². The highest BCUT2D eigenvalue weighted by Crippen LogP contribution is 2.50. The normalized spacial score (nSPS) is 20.1. The fraction of sp³-hybridized carbons (Fsp3) is 0.111. The zero-order chi connectivity index (χ0) is 16.6. The Kier molecular flexibility index (Phi) is 3.78. The summed E-state index contributed by atoms with van der Waals surface area (Å²) in [6.45, 7) is 0. The zero-order valence-corrected chi connectivity index (χ0v) is 14.2. The van der Waals surface area contributed by atoms with Crippen LogP contribution in [0.5, 0.6) is 5.88 Å². The third-order valence-electron chi connectivity index (χ3n) is 3.87. The maximum absolute atomic E-state index is 12.0. The minimum Gasteiger partial charge on any atom is -0.492 e. The second-order valence-electron chi connectivity index (χ2n) is 5.42. The molecule has 2 heterocycles. The number of amides is 1. The molecule has 24 heavy (non-hydrogen) atoms. The van der Waals surface area contributed by atoms with Crippen LogP contribution < -0.4 is 5.32 Å². The van der Waals surface area contributed by atoms with Crippen molar-refractivity contribution >= 4 is 29.0 Å². The maximum atomic E-state index is 12.0. The Morgan fingerprint density at radius 3 is 2.33 bits per heavy atom. The van der Waals surface area contributed by atoms with Gasteiger partial charge in [0.05, 0.1) is 5.75 Å². The van der Waals surface area contributed by atoms with E-state index in [-0.39, 0.29) is 11.8 Å². The number of rotatable bonds is 3. The van der Waals surface area contributed by atoms with E-state index in [4.69, 9.17) is 0 Å². The van der Waals surface area contributed by atoms with Gasteiger partial charge in [-0.3, -0.25) is 4.79 Å². The van der Waals surface area contributed by atoms with Crippen molar-refractivity contribution in [2.75, 3.05) is 5.75 Å². The summed E-state index contributed by atoms with van der Waals surface area (Å²) in [6.07, 6.45) is 0. The Hall–Kier alpha value is -2.31. The highest BCUT2D eigenvalue weighted by Gasteiger charge is 2.45. The van der Waals surface area contributed by atoms with E-state index >= 15 is 0 Å². The molecule has 6 heteroatoms. The number of hydrogen-bond acceptors (Lipinski definition) is 5. The molecule has 1 amide bonds. The number of hydrogen-bond donors (Lipinski definition) is 2. The molecule has 0 bridgehead atoms. The van der Waals surface area contributed by atoms with Crippen molar-refractivity contribution < 1.29 is 9.90 Å². The van der Waals surface area contributed by atoms with Crippen LogP contribution in [0.25, 0.3) is 10.6 Å². The van der Waals surface area contributed by atoms with E-state index in [2.05, 4.69) is 10.3 Å². The molecule has 120 valence electrons.